The molecule has 2 unspecified atom stereocenters. The average molecular weight is 181 g/mol. The summed E-state index contributed by atoms with van der Waals surface area (Å²) in [4.78, 5) is 0.927. The van der Waals surface area contributed by atoms with Gasteiger partial charge in [-0.2, -0.15) is 7.05 Å². The number of phenolic OH excluding ortho intramolecular Hbond substituents is 1. The van der Waals surface area contributed by atoms with E-state index in [2.05, 4.69) is 7.05 Å². The second-order valence-corrected chi connectivity index (χ2v) is 3.27. The summed E-state index contributed by atoms with van der Waals surface area (Å²) in [6.07, 6.45) is -0.565. The Labute approximate surface area is 78.2 Å². The van der Waals surface area contributed by atoms with Crippen LogP contribution in [0.15, 0.2) is 24.3 Å². The maximum atomic E-state index is 9.64. The summed E-state index contributed by atoms with van der Waals surface area (Å²) in [5.41, 5.74) is 0.725. The van der Waals surface area contributed by atoms with Crippen LogP contribution in [0.4, 0.5) is 0 Å². The van der Waals surface area contributed by atoms with Crippen LogP contribution in [0.5, 0.6) is 5.75 Å². The van der Waals surface area contributed by atoms with Crippen LogP contribution >= 0.6 is 0 Å². The zero-order valence-electron chi connectivity index (χ0n) is 7.70. The van der Waals surface area contributed by atoms with E-state index in [1.54, 1.807) is 24.3 Å². The van der Waals surface area contributed by atoms with Crippen molar-refractivity contribution in [3.8, 4) is 5.75 Å². The topological polar surface area (TPSA) is 44.9 Å². The van der Waals surface area contributed by atoms with Crippen molar-refractivity contribution < 1.29 is 15.1 Å². The molecule has 0 radical (unpaired) electrons. The molecule has 3 nitrogen and oxygen atoms in total. The van der Waals surface area contributed by atoms with Gasteiger partial charge in [-0.05, 0) is 17.7 Å². The number of aliphatic hydroxyl groups is 1. The molecular formula is C10H15NO2. The lowest BCUT2D eigenvalue weighted by Gasteiger charge is -2.18. The molecule has 2 atom stereocenters. The largest absolute Gasteiger partial charge is 0.508 e. The number of aromatic hydroxyl groups is 1. The van der Waals surface area contributed by atoms with E-state index in [0.717, 1.165) is 10.5 Å². The van der Waals surface area contributed by atoms with Gasteiger partial charge in [0, 0.05) is 7.05 Å². The number of aliphatic hydroxyl groups excluding tert-OH is 1. The molecule has 0 heterocycles. The van der Waals surface area contributed by atoms with Gasteiger partial charge in [-0.1, -0.05) is 12.1 Å². The second-order valence-electron chi connectivity index (χ2n) is 3.27. The quantitative estimate of drug-likeness (QED) is 0.562. The molecule has 0 saturated carbocycles. The van der Waals surface area contributed by atoms with Crippen LogP contribution in [0.1, 0.15) is 11.7 Å². The van der Waals surface area contributed by atoms with Gasteiger partial charge in [0.15, 0.2) is 0 Å². The molecular weight excluding hydrogens is 166 g/mol. The summed E-state index contributed by atoms with van der Waals surface area (Å²) in [7, 11) is 5.59. The Hall–Kier alpha value is -1.06. The van der Waals surface area contributed by atoms with E-state index in [9.17, 15) is 5.11 Å². The lowest BCUT2D eigenvalue weighted by molar-refractivity contribution is -0.836. The molecule has 13 heavy (non-hydrogen) atoms. The zero-order valence-corrected chi connectivity index (χ0v) is 7.70. The third-order valence-corrected chi connectivity index (χ3v) is 1.80. The number of quaternary nitrogens is 1. The lowest BCUT2D eigenvalue weighted by atomic mass is 10.1. The number of hydrogen-bond acceptors (Lipinski definition) is 2. The molecule has 0 bridgehead atoms. The van der Waals surface area contributed by atoms with Gasteiger partial charge in [0.05, 0.1) is 6.54 Å². The maximum absolute atomic E-state index is 9.64. The minimum absolute atomic E-state index is 0.179. The molecule has 0 saturated heterocycles. The highest BCUT2D eigenvalue weighted by atomic mass is 16.3. The highest BCUT2D eigenvalue weighted by Crippen LogP contribution is 2.16. The summed E-state index contributed by atoms with van der Waals surface area (Å²) in [6, 6.07) is 6.64. The fraction of sp³-hybridized carbons (Fsp3) is 0.300. The van der Waals surface area contributed by atoms with E-state index in [1.807, 2.05) is 7.05 Å². The number of hydrogen-bond donors (Lipinski definition) is 3. The van der Waals surface area contributed by atoms with Gasteiger partial charge in [-0.15, -0.1) is 0 Å². The Morgan fingerprint density at radius 2 is 2.23 bits per heavy atom. The number of likely N-dealkylation sites (N-methyl/N-ethyl adjacent to an activating group) is 1. The van der Waals surface area contributed by atoms with Gasteiger partial charge in [-0.3, -0.25) is 0 Å². The molecule has 1 aromatic rings. The normalized spacial score (nSPS) is 15.3. The van der Waals surface area contributed by atoms with Crippen LogP contribution < -0.4 is 4.90 Å². The van der Waals surface area contributed by atoms with E-state index < -0.39 is 6.10 Å². The molecule has 1 aromatic carbocycles. The van der Waals surface area contributed by atoms with E-state index in [0.29, 0.717) is 6.54 Å². The Bertz CT molecular complexity index is 273. The fourth-order valence-corrected chi connectivity index (χ4v) is 1.18. The van der Waals surface area contributed by atoms with Crippen molar-refractivity contribution in [1.29, 1.82) is 0 Å². The lowest BCUT2D eigenvalue weighted by Crippen LogP contribution is -3.04. The van der Waals surface area contributed by atoms with Crippen molar-refractivity contribution in [2.45, 2.75) is 6.10 Å². The van der Waals surface area contributed by atoms with Crippen molar-refractivity contribution in [3.05, 3.63) is 36.9 Å². The fourth-order valence-electron chi connectivity index (χ4n) is 1.18. The summed E-state index contributed by atoms with van der Waals surface area (Å²) in [6.45, 7) is 0.531. The molecule has 3 N–H and O–H groups in total. The van der Waals surface area contributed by atoms with Crippen LogP contribution in [0, 0.1) is 7.05 Å². The first kappa shape index (κ1) is 10.0. The van der Waals surface area contributed by atoms with Crippen molar-refractivity contribution in [2.24, 2.45) is 0 Å². The zero-order chi connectivity index (χ0) is 9.84. The van der Waals surface area contributed by atoms with Crippen LogP contribution in [-0.2, 0) is 0 Å². The van der Waals surface area contributed by atoms with Gasteiger partial charge in [0.25, 0.3) is 0 Å². The van der Waals surface area contributed by atoms with Crippen molar-refractivity contribution in [2.75, 3.05) is 13.6 Å². The van der Waals surface area contributed by atoms with E-state index in [-0.39, 0.29) is 5.75 Å². The first-order chi connectivity index (χ1) is 6.09. The highest BCUT2D eigenvalue weighted by molar-refractivity contribution is 5.28. The summed E-state index contributed by atoms with van der Waals surface area (Å²) in [5.74, 6) is 0.179. The third-order valence-electron chi connectivity index (χ3n) is 1.80. The molecule has 0 fully saturated rings. The van der Waals surface area contributed by atoms with Crippen molar-refractivity contribution >= 4 is 0 Å². The second kappa shape index (κ2) is 4.25. The number of benzene rings is 1. The highest BCUT2D eigenvalue weighted by Gasteiger charge is 2.08. The SMILES string of the molecule is [CH2-][NH+](C)CC(O)c1cccc(O)c1. The van der Waals surface area contributed by atoms with Gasteiger partial charge in [0.2, 0.25) is 0 Å². The molecule has 0 aliphatic carbocycles. The minimum Gasteiger partial charge on any atom is -0.508 e. The molecule has 0 amide bonds. The van der Waals surface area contributed by atoms with E-state index in [1.165, 1.54) is 0 Å². The predicted octanol–water partition coefficient (Wildman–Crippen LogP) is -0.268. The number of rotatable bonds is 3. The molecule has 3 heteroatoms. The smallest absolute Gasteiger partial charge is 0.126 e. The number of nitrogens with one attached hydrogen (secondary N) is 1. The van der Waals surface area contributed by atoms with Crippen molar-refractivity contribution in [3.63, 3.8) is 0 Å². The third kappa shape index (κ3) is 3.05. The Morgan fingerprint density at radius 3 is 2.77 bits per heavy atom. The van der Waals surface area contributed by atoms with E-state index in [4.69, 9.17) is 5.11 Å². The Balaban J connectivity index is 2.71. The Kier molecular flexibility index (Phi) is 3.28. The van der Waals surface area contributed by atoms with Crippen LogP contribution in [0.3, 0.4) is 0 Å². The van der Waals surface area contributed by atoms with E-state index >= 15 is 0 Å². The van der Waals surface area contributed by atoms with Gasteiger partial charge < -0.3 is 15.1 Å². The first-order valence-electron chi connectivity index (χ1n) is 4.21. The van der Waals surface area contributed by atoms with Crippen LogP contribution in [-0.4, -0.2) is 23.8 Å². The first-order valence-corrected chi connectivity index (χ1v) is 4.21. The van der Waals surface area contributed by atoms with Crippen LogP contribution in [0.2, 0.25) is 0 Å². The summed E-state index contributed by atoms with van der Waals surface area (Å²) in [5, 5.41) is 18.8. The summed E-state index contributed by atoms with van der Waals surface area (Å²) < 4.78 is 0. The Morgan fingerprint density at radius 1 is 1.54 bits per heavy atom. The number of phenols is 1. The maximum Gasteiger partial charge on any atom is 0.126 e. The predicted molar refractivity (Wildman–Crippen MR) is 50.2 cm³/mol. The van der Waals surface area contributed by atoms with Crippen molar-refractivity contribution in [1.82, 2.24) is 0 Å². The van der Waals surface area contributed by atoms with Gasteiger partial charge >= 0.3 is 0 Å². The van der Waals surface area contributed by atoms with Crippen LogP contribution in [0.25, 0.3) is 0 Å². The minimum atomic E-state index is -0.565. The monoisotopic (exact) mass is 181 g/mol. The molecule has 1 rings (SSSR count). The molecule has 0 aromatic heterocycles. The van der Waals surface area contributed by atoms with Gasteiger partial charge in [-0.25, -0.2) is 0 Å². The standard InChI is InChI=1S/C10H15NO2/c1-11(2)7-10(13)8-4-3-5-9(12)6-8/h3-6,10-13H,1,7H2,2H3. The summed E-state index contributed by atoms with van der Waals surface area (Å²) >= 11 is 0. The van der Waals surface area contributed by atoms with Gasteiger partial charge in [0.1, 0.15) is 11.9 Å². The molecule has 0 spiro atoms. The molecule has 72 valence electrons. The average Bonchev–Trinajstić information content (AvgIpc) is 2.03. The molecule has 0 aliphatic rings. The molecule has 0 aliphatic heterocycles.